The Kier molecular flexibility index (Phi) is 5.11. The lowest BCUT2D eigenvalue weighted by molar-refractivity contribution is 0.0925. The molecule has 19 heavy (non-hydrogen) atoms. The Morgan fingerprint density at radius 2 is 2.21 bits per heavy atom. The predicted octanol–water partition coefficient (Wildman–Crippen LogP) is 3.68. The van der Waals surface area contributed by atoms with E-state index in [1.54, 1.807) is 13.2 Å². The SMILES string of the molecule is COc1csc(C(=O)NCC2(CCl)CCCCC2)c1. The van der Waals surface area contributed by atoms with Gasteiger partial charge in [-0.15, -0.1) is 22.9 Å². The molecular formula is C14H20ClNO2S. The highest BCUT2D eigenvalue weighted by Gasteiger charge is 2.31. The predicted molar refractivity (Wildman–Crippen MR) is 79.4 cm³/mol. The van der Waals surface area contributed by atoms with Gasteiger partial charge in [0.25, 0.3) is 5.91 Å². The van der Waals surface area contributed by atoms with Gasteiger partial charge in [0.1, 0.15) is 5.75 Å². The summed E-state index contributed by atoms with van der Waals surface area (Å²) in [6, 6.07) is 1.77. The lowest BCUT2D eigenvalue weighted by Gasteiger charge is -2.35. The molecule has 0 spiro atoms. The first-order chi connectivity index (χ1) is 9.19. The normalized spacial score (nSPS) is 18.0. The molecule has 1 heterocycles. The number of hydrogen-bond donors (Lipinski definition) is 1. The molecular weight excluding hydrogens is 282 g/mol. The van der Waals surface area contributed by atoms with Crippen molar-refractivity contribution in [3.05, 3.63) is 16.3 Å². The van der Waals surface area contributed by atoms with Crippen LogP contribution in [0.4, 0.5) is 0 Å². The molecule has 1 aromatic rings. The molecule has 0 atom stereocenters. The summed E-state index contributed by atoms with van der Waals surface area (Å²) >= 11 is 7.53. The summed E-state index contributed by atoms with van der Waals surface area (Å²) in [7, 11) is 1.61. The van der Waals surface area contributed by atoms with E-state index in [-0.39, 0.29) is 11.3 Å². The fourth-order valence-corrected chi connectivity index (χ4v) is 3.69. The first-order valence-electron chi connectivity index (χ1n) is 6.66. The maximum absolute atomic E-state index is 12.1. The highest BCUT2D eigenvalue weighted by molar-refractivity contribution is 7.12. The van der Waals surface area contributed by atoms with Crippen LogP contribution in [0.5, 0.6) is 5.75 Å². The Morgan fingerprint density at radius 3 is 2.79 bits per heavy atom. The van der Waals surface area contributed by atoms with E-state index in [4.69, 9.17) is 16.3 Å². The molecule has 0 aromatic carbocycles. The number of amides is 1. The van der Waals surface area contributed by atoms with E-state index < -0.39 is 0 Å². The largest absolute Gasteiger partial charge is 0.496 e. The maximum atomic E-state index is 12.1. The third-order valence-corrected chi connectivity index (χ3v) is 5.33. The smallest absolute Gasteiger partial charge is 0.261 e. The van der Waals surface area contributed by atoms with Crippen molar-refractivity contribution < 1.29 is 9.53 Å². The number of methoxy groups -OCH3 is 1. The van der Waals surface area contributed by atoms with E-state index in [1.165, 1.54) is 30.6 Å². The van der Waals surface area contributed by atoms with Crippen LogP contribution >= 0.6 is 22.9 Å². The summed E-state index contributed by atoms with van der Waals surface area (Å²) in [5.74, 6) is 1.34. The molecule has 3 nitrogen and oxygen atoms in total. The van der Waals surface area contributed by atoms with Crippen molar-refractivity contribution in [3.8, 4) is 5.75 Å². The zero-order valence-corrected chi connectivity index (χ0v) is 12.8. The molecule has 2 rings (SSSR count). The maximum Gasteiger partial charge on any atom is 0.261 e. The van der Waals surface area contributed by atoms with Crippen LogP contribution in [0.25, 0.3) is 0 Å². The second-order valence-corrected chi connectivity index (χ2v) is 6.41. The van der Waals surface area contributed by atoms with Crippen molar-refractivity contribution >= 4 is 28.8 Å². The van der Waals surface area contributed by atoms with E-state index in [1.807, 2.05) is 5.38 Å². The van der Waals surface area contributed by atoms with Crippen LogP contribution in [-0.2, 0) is 0 Å². The number of hydrogen-bond acceptors (Lipinski definition) is 3. The standard InChI is InChI=1S/C14H20ClNO2S/c1-18-11-7-12(19-8-11)13(17)16-10-14(9-15)5-3-2-4-6-14/h7-8H,2-6,9-10H2,1H3,(H,16,17). The first kappa shape index (κ1) is 14.7. The monoisotopic (exact) mass is 301 g/mol. The molecule has 0 aliphatic heterocycles. The third-order valence-electron chi connectivity index (χ3n) is 3.86. The molecule has 0 unspecified atom stereocenters. The van der Waals surface area contributed by atoms with Crippen LogP contribution in [0.15, 0.2) is 11.4 Å². The average molecular weight is 302 g/mol. The van der Waals surface area contributed by atoms with Crippen LogP contribution in [0.2, 0.25) is 0 Å². The highest BCUT2D eigenvalue weighted by atomic mass is 35.5. The van der Waals surface area contributed by atoms with Gasteiger partial charge < -0.3 is 10.1 Å². The number of carbonyl (C=O) groups excluding carboxylic acids is 1. The van der Waals surface area contributed by atoms with Crippen molar-refractivity contribution in [1.29, 1.82) is 0 Å². The molecule has 106 valence electrons. The van der Waals surface area contributed by atoms with Crippen molar-refractivity contribution in [2.45, 2.75) is 32.1 Å². The van der Waals surface area contributed by atoms with Crippen LogP contribution < -0.4 is 10.1 Å². The van der Waals surface area contributed by atoms with Gasteiger partial charge in [-0.1, -0.05) is 19.3 Å². The average Bonchev–Trinajstić information content (AvgIpc) is 2.95. The molecule has 0 radical (unpaired) electrons. The van der Waals surface area contributed by atoms with Crippen LogP contribution in [0.3, 0.4) is 0 Å². The van der Waals surface area contributed by atoms with Gasteiger partial charge >= 0.3 is 0 Å². The van der Waals surface area contributed by atoms with E-state index in [9.17, 15) is 4.79 Å². The number of carbonyl (C=O) groups is 1. The number of halogens is 1. The molecule has 5 heteroatoms. The quantitative estimate of drug-likeness (QED) is 0.843. The van der Waals surface area contributed by atoms with Gasteiger partial charge in [-0.05, 0) is 12.8 Å². The molecule has 1 amide bonds. The molecule has 1 aromatic heterocycles. The molecule has 1 N–H and O–H groups in total. The van der Waals surface area contributed by atoms with Gasteiger partial charge in [-0.2, -0.15) is 0 Å². The second kappa shape index (κ2) is 6.62. The van der Waals surface area contributed by atoms with Crippen molar-refractivity contribution in [3.63, 3.8) is 0 Å². The summed E-state index contributed by atoms with van der Waals surface area (Å²) in [5.41, 5.74) is 0.0941. The molecule has 1 aliphatic rings. The Balaban J connectivity index is 1.91. The topological polar surface area (TPSA) is 38.3 Å². The number of ether oxygens (including phenoxy) is 1. The van der Waals surface area contributed by atoms with E-state index in [0.29, 0.717) is 17.3 Å². The molecule has 1 saturated carbocycles. The van der Waals surface area contributed by atoms with Crippen LogP contribution in [0.1, 0.15) is 41.8 Å². The lowest BCUT2D eigenvalue weighted by atomic mass is 9.75. The molecule has 1 aliphatic carbocycles. The zero-order valence-electron chi connectivity index (χ0n) is 11.2. The highest BCUT2D eigenvalue weighted by Crippen LogP contribution is 2.36. The van der Waals surface area contributed by atoms with Gasteiger partial charge in [-0.3, -0.25) is 4.79 Å². The third kappa shape index (κ3) is 3.63. The Labute approximate surface area is 123 Å². The summed E-state index contributed by atoms with van der Waals surface area (Å²) in [5, 5.41) is 4.87. The Bertz CT molecular complexity index is 427. The number of alkyl halides is 1. The van der Waals surface area contributed by atoms with E-state index in [2.05, 4.69) is 5.32 Å². The minimum Gasteiger partial charge on any atom is -0.496 e. The van der Waals surface area contributed by atoms with Crippen LogP contribution in [-0.4, -0.2) is 25.4 Å². The summed E-state index contributed by atoms with van der Waals surface area (Å²) in [4.78, 5) is 12.8. The first-order valence-corrected chi connectivity index (χ1v) is 8.07. The fraction of sp³-hybridized carbons (Fsp3) is 0.643. The minimum atomic E-state index is -0.0247. The van der Waals surface area contributed by atoms with Gasteiger partial charge in [0, 0.05) is 29.3 Å². The second-order valence-electron chi connectivity index (χ2n) is 5.23. The number of thiophene rings is 1. The summed E-state index contributed by atoms with van der Waals surface area (Å²) in [6.07, 6.45) is 5.95. The molecule has 1 fully saturated rings. The van der Waals surface area contributed by atoms with Crippen molar-refractivity contribution in [1.82, 2.24) is 5.32 Å². The summed E-state index contributed by atoms with van der Waals surface area (Å²) < 4.78 is 5.09. The number of nitrogens with one attached hydrogen (secondary N) is 1. The molecule has 0 bridgehead atoms. The van der Waals surface area contributed by atoms with Gasteiger partial charge in [0.05, 0.1) is 12.0 Å². The van der Waals surface area contributed by atoms with Gasteiger partial charge in [0.15, 0.2) is 0 Å². The minimum absolute atomic E-state index is 0.0247. The Hall–Kier alpha value is -0.740. The summed E-state index contributed by atoms with van der Waals surface area (Å²) in [6.45, 7) is 0.676. The molecule has 0 saturated heterocycles. The zero-order chi connectivity index (χ0) is 13.7. The van der Waals surface area contributed by atoms with Crippen molar-refractivity contribution in [2.75, 3.05) is 19.5 Å². The fourth-order valence-electron chi connectivity index (χ4n) is 2.56. The number of rotatable bonds is 5. The Morgan fingerprint density at radius 1 is 1.47 bits per heavy atom. The van der Waals surface area contributed by atoms with Crippen LogP contribution in [0, 0.1) is 5.41 Å². The van der Waals surface area contributed by atoms with Gasteiger partial charge in [0.2, 0.25) is 0 Å². The van der Waals surface area contributed by atoms with Gasteiger partial charge in [-0.25, -0.2) is 0 Å². The van der Waals surface area contributed by atoms with E-state index in [0.717, 1.165) is 18.6 Å². The lowest BCUT2D eigenvalue weighted by Crippen LogP contribution is -2.40. The van der Waals surface area contributed by atoms with E-state index >= 15 is 0 Å². The van der Waals surface area contributed by atoms with Crippen molar-refractivity contribution in [2.24, 2.45) is 5.41 Å².